The third kappa shape index (κ3) is 8.67. The summed E-state index contributed by atoms with van der Waals surface area (Å²) in [6, 6.07) is 2.84. The number of halogens is 4. The minimum Gasteiger partial charge on any atom is -0.473 e. The maximum atomic E-state index is 12.7. The number of rotatable bonds is 3. The molecule has 0 aromatic heterocycles. The number of nitrogens with zero attached hydrogens (tertiary/aromatic N) is 1. The Bertz CT molecular complexity index is 737. The number of ether oxygens (including phenoxy) is 1. The fourth-order valence-electron chi connectivity index (χ4n) is 2.60. The lowest BCUT2D eigenvalue weighted by molar-refractivity contribution is -0.159. The first-order chi connectivity index (χ1) is 13.3. The van der Waals surface area contributed by atoms with Gasteiger partial charge < -0.3 is 20.3 Å². The molecule has 2 unspecified atom stereocenters. The molecule has 1 aromatic carbocycles. The van der Waals surface area contributed by atoms with Crippen molar-refractivity contribution in [3.8, 4) is 0 Å². The lowest BCUT2D eigenvalue weighted by Crippen LogP contribution is -2.48. The van der Waals surface area contributed by atoms with Gasteiger partial charge in [-0.2, -0.15) is 13.2 Å². The first kappa shape index (κ1) is 24.7. The number of carbonyl (C=O) groups is 3. The molecule has 1 fully saturated rings. The average molecular weight is 441 g/mol. The summed E-state index contributed by atoms with van der Waals surface area (Å²) in [6.45, 7) is 5.07. The van der Waals surface area contributed by atoms with E-state index in [1.54, 1.807) is 0 Å². The summed E-state index contributed by atoms with van der Waals surface area (Å²) in [4.78, 5) is 32.2. The van der Waals surface area contributed by atoms with Gasteiger partial charge in [-0.15, -0.1) is 0 Å². The number of carboxylic acid groups (broad SMARTS) is 2. The number of aliphatic carboxylic acids is 2. The van der Waals surface area contributed by atoms with Crippen LogP contribution in [0.3, 0.4) is 0 Å². The number of hydrogen-bond acceptors (Lipinski definition) is 5. The molecular weight excluding hydrogens is 421 g/mol. The van der Waals surface area contributed by atoms with Crippen molar-refractivity contribution in [1.82, 2.24) is 4.90 Å². The van der Waals surface area contributed by atoms with E-state index in [2.05, 4.69) is 5.32 Å². The van der Waals surface area contributed by atoms with E-state index in [9.17, 15) is 18.0 Å². The number of amides is 1. The van der Waals surface area contributed by atoms with E-state index in [0.29, 0.717) is 13.1 Å². The minimum atomic E-state index is -4.49. The molecule has 1 amide bonds. The van der Waals surface area contributed by atoms with E-state index in [-0.39, 0.29) is 29.5 Å². The molecule has 12 heteroatoms. The van der Waals surface area contributed by atoms with Crippen LogP contribution in [-0.4, -0.2) is 64.8 Å². The van der Waals surface area contributed by atoms with Gasteiger partial charge in [0.1, 0.15) is 0 Å². The fraction of sp³-hybridized carbons (Fsp3) is 0.471. The predicted octanol–water partition coefficient (Wildman–Crippen LogP) is 2.56. The highest BCUT2D eigenvalue weighted by Gasteiger charge is 2.31. The van der Waals surface area contributed by atoms with Crippen LogP contribution in [0.5, 0.6) is 0 Å². The molecule has 2 rings (SSSR count). The van der Waals surface area contributed by atoms with E-state index in [4.69, 9.17) is 36.1 Å². The molecule has 1 aliphatic heterocycles. The molecule has 3 N–H and O–H groups in total. The zero-order chi connectivity index (χ0) is 22.4. The van der Waals surface area contributed by atoms with Crippen LogP contribution in [0.2, 0.25) is 5.02 Å². The summed E-state index contributed by atoms with van der Waals surface area (Å²) in [5, 5.41) is 17.3. The molecule has 1 heterocycles. The number of morpholine rings is 1. The van der Waals surface area contributed by atoms with E-state index >= 15 is 0 Å². The van der Waals surface area contributed by atoms with Crippen LogP contribution in [0.4, 0.5) is 18.9 Å². The number of carboxylic acids is 2. The largest absolute Gasteiger partial charge is 0.473 e. The zero-order valence-corrected chi connectivity index (χ0v) is 16.3. The van der Waals surface area contributed by atoms with Gasteiger partial charge >= 0.3 is 18.1 Å². The van der Waals surface area contributed by atoms with Gasteiger partial charge in [0, 0.05) is 13.1 Å². The van der Waals surface area contributed by atoms with Crippen LogP contribution >= 0.6 is 11.6 Å². The average Bonchev–Trinajstić information content (AvgIpc) is 2.55. The minimum absolute atomic E-state index is 0.00342. The standard InChI is InChI=1S/C15H18ClF3N2O2.C2H2O4/c1-9-6-21(7-10(2)23-9)8-14(22)20-13-5-11(15(17,18)19)3-4-12(13)16;3-1(4)2(5)6/h3-5,9-10H,6-8H2,1-2H3,(H,20,22);(H,3,4)(H,5,6). The fourth-order valence-corrected chi connectivity index (χ4v) is 2.77. The molecular formula is C17H20ClF3N2O6. The SMILES string of the molecule is CC1CN(CC(=O)Nc2cc(C(F)(F)F)ccc2Cl)CC(C)O1.O=C(O)C(=O)O. The van der Waals surface area contributed by atoms with Gasteiger partial charge in [0.15, 0.2) is 0 Å². The molecule has 0 spiro atoms. The van der Waals surface area contributed by atoms with Gasteiger partial charge in [0.2, 0.25) is 5.91 Å². The van der Waals surface area contributed by atoms with Crippen LogP contribution in [0.25, 0.3) is 0 Å². The normalized spacial score (nSPS) is 19.7. The number of benzene rings is 1. The van der Waals surface area contributed by atoms with E-state index in [1.165, 1.54) is 0 Å². The molecule has 2 atom stereocenters. The summed E-state index contributed by atoms with van der Waals surface area (Å²) in [7, 11) is 0. The molecule has 0 radical (unpaired) electrons. The smallest absolute Gasteiger partial charge is 0.416 e. The summed E-state index contributed by atoms with van der Waals surface area (Å²) in [6.07, 6.45) is -4.48. The van der Waals surface area contributed by atoms with Gasteiger partial charge in [-0.05, 0) is 32.0 Å². The monoisotopic (exact) mass is 440 g/mol. The van der Waals surface area contributed by atoms with Gasteiger partial charge in [0.05, 0.1) is 35.0 Å². The summed E-state index contributed by atoms with van der Waals surface area (Å²) in [5.74, 6) is -4.06. The lowest BCUT2D eigenvalue weighted by Gasteiger charge is -2.34. The molecule has 0 bridgehead atoms. The number of hydrogen-bond donors (Lipinski definition) is 3. The quantitative estimate of drug-likeness (QED) is 0.618. The Balaban J connectivity index is 0.000000612. The number of carbonyl (C=O) groups excluding carboxylic acids is 1. The van der Waals surface area contributed by atoms with Crippen molar-refractivity contribution in [2.24, 2.45) is 0 Å². The van der Waals surface area contributed by atoms with Crippen LogP contribution < -0.4 is 5.32 Å². The molecule has 8 nitrogen and oxygen atoms in total. The van der Waals surface area contributed by atoms with E-state index < -0.39 is 29.6 Å². The van der Waals surface area contributed by atoms with E-state index in [0.717, 1.165) is 18.2 Å². The number of anilines is 1. The number of alkyl halides is 3. The maximum absolute atomic E-state index is 12.7. The van der Waals surface area contributed by atoms with Crippen molar-refractivity contribution in [2.45, 2.75) is 32.2 Å². The van der Waals surface area contributed by atoms with Crippen molar-refractivity contribution >= 4 is 35.1 Å². The van der Waals surface area contributed by atoms with Crippen LogP contribution in [-0.2, 0) is 25.3 Å². The van der Waals surface area contributed by atoms with Gasteiger partial charge in [-0.25, -0.2) is 9.59 Å². The van der Waals surface area contributed by atoms with Crippen molar-refractivity contribution in [2.75, 3.05) is 25.0 Å². The predicted molar refractivity (Wildman–Crippen MR) is 96.8 cm³/mol. The summed E-state index contributed by atoms with van der Waals surface area (Å²) < 4.78 is 43.7. The second-order valence-corrected chi connectivity index (χ2v) is 6.71. The third-order valence-corrected chi connectivity index (χ3v) is 3.94. The number of nitrogens with one attached hydrogen (secondary N) is 1. The first-order valence-electron chi connectivity index (χ1n) is 8.30. The van der Waals surface area contributed by atoms with Crippen molar-refractivity contribution < 1.29 is 42.5 Å². The maximum Gasteiger partial charge on any atom is 0.416 e. The topological polar surface area (TPSA) is 116 Å². The Labute approximate surface area is 169 Å². The first-order valence-corrected chi connectivity index (χ1v) is 8.68. The molecule has 0 aliphatic carbocycles. The second-order valence-electron chi connectivity index (χ2n) is 6.30. The molecule has 1 aliphatic rings. The lowest BCUT2D eigenvalue weighted by atomic mass is 10.2. The molecule has 162 valence electrons. The highest BCUT2D eigenvalue weighted by atomic mass is 35.5. The molecule has 0 saturated carbocycles. The Morgan fingerprint density at radius 3 is 2.14 bits per heavy atom. The van der Waals surface area contributed by atoms with Crippen LogP contribution in [0, 0.1) is 0 Å². The third-order valence-electron chi connectivity index (χ3n) is 3.61. The molecule has 1 saturated heterocycles. The Morgan fingerprint density at radius 1 is 1.17 bits per heavy atom. The van der Waals surface area contributed by atoms with Gasteiger partial charge in [-0.1, -0.05) is 11.6 Å². The van der Waals surface area contributed by atoms with E-state index in [1.807, 2.05) is 18.7 Å². The molecule has 29 heavy (non-hydrogen) atoms. The molecule has 1 aromatic rings. The summed E-state index contributed by atoms with van der Waals surface area (Å²) >= 11 is 5.86. The van der Waals surface area contributed by atoms with Crippen molar-refractivity contribution in [1.29, 1.82) is 0 Å². The Morgan fingerprint density at radius 2 is 1.69 bits per heavy atom. The van der Waals surface area contributed by atoms with Gasteiger partial charge in [0.25, 0.3) is 0 Å². The van der Waals surface area contributed by atoms with Crippen molar-refractivity contribution in [3.05, 3.63) is 28.8 Å². The van der Waals surface area contributed by atoms with Gasteiger partial charge in [-0.3, -0.25) is 9.69 Å². The Kier molecular flexibility index (Phi) is 8.86. The van der Waals surface area contributed by atoms with Crippen molar-refractivity contribution in [3.63, 3.8) is 0 Å². The van der Waals surface area contributed by atoms with Crippen LogP contribution in [0.1, 0.15) is 19.4 Å². The van der Waals surface area contributed by atoms with Crippen LogP contribution in [0.15, 0.2) is 18.2 Å². The highest BCUT2D eigenvalue weighted by Crippen LogP contribution is 2.33. The second kappa shape index (κ2) is 10.4. The summed E-state index contributed by atoms with van der Waals surface area (Å²) in [5.41, 5.74) is -0.897. The zero-order valence-electron chi connectivity index (χ0n) is 15.5. The highest BCUT2D eigenvalue weighted by molar-refractivity contribution is 6.33. The Hall–Kier alpha value is -2.37.